The van der Waals surface area contributed by atoms with Gasteiger partial charge >= 0.3 is 5.97 Å². The van der Waals surface area contributed by atoms with E-state index in [1.54, 1.807) is 0 Å². The molecule has 3 N–H and O–H groups in total. The summed E-state index contributed by atoms with van der Waals surface area (Å²) in [5, 5.41) is 26.3. The number of nitrogens with zero attached hydrogens (tertiary/aromatic N) is 1. The van der Waals surface area contributed by atoms with Gasteiger partial charge in [0.15, 0.2) is 6.61 Å². The number of aliphatic hydroxyl groups excluding tert-OH is 2. The minimum Gasteiger partial charge on any atom is -0.467 e. The summed E-state index contributed by atoms with van der Waals surface area (Å²) in [5.41, 5.74) is 0.929. The van der Waals surface area contributed by atoms with E-state index in [4.69, 9.17) is 14.3 Å². The SMILES string of the molecule is COC(=O)[C@@H](Cc1ccccc1)NC(=O)CO/N=C(/[C@@H](OC)C(C)C)[C@@H](O)[C@@H](C)O. The summed E-state index contributed by atoms with van der Waals surface area (Å²) < 4.78 is 10.1. The highest BCUT2D eigenvalue weighted by atomic mass is 16.6. The topological polar surface area (TPSA) is 127 Å². The molecule has 1 aromatic carbocycles. The van der Waals surface area contributed by atoms with Crippen molar-refractivity contribution in [1.29, 1.82) is 0 Å². The molecule has 9 heteroatoms. The van der Waals surface area contributed by atoms with Gasteiger partial charge in [0.05, 0.1) is 13.2 Å². The Hall–Kier alpha value is -2.49. The largest absolute Gasteiger partial charge is 0.467 e. The predicted octanol–water partition coefficient (Wildman–Crippen LogP) is 0.672. The number of methoxy groups -OCH3 is 2. The van der Waals surface area contributed by atoms with Gasteiger partial charge in [0.2, 0.25) is 0 Å². The Balaban J connectivity index is 2.81. The quantitative estimate of drug-likeness (QED) is 0.256. The molecule has 0 aliphatic rings. The van der Waals surface area contributed by atoms with Gasteiger partial charge in [0.25, 0.3) is 5.91 Å². The molecule has 30 heavy (non-hydrogen) atoms. The molecule has 1 aromatic rings. The van der Waals surface area contributed by atoms with Crippen molar-refractivity contribution in [2.24, 2.45) is 11.1 Å². The highest BCUT2D eigenvalue weighted by Crippen LogP contribution is 2.13. The van der Waals surface area contributed by atoms with E-state index in [-0.39, 0.29) is 18.1 Å². The molecule has 0 aliphatic heterocycles. The molecule has 0 aromatic heterocycles. The average molecular weight is 424 g/mol. The standard InChI is InChI=1S/C21H32N2O7/c1-13(2)20(28-4)18(19(26)14(3)24)23-30-12-17(25)22-16(21(27)29-5)11-15-9-7-6-8-10-15/h6-10,13-14,16,19-20,24,26H,11-12H2,1-5H3,(H,22,25)/b23-18+/t14-,16-,19+,20+/m1/s1. The van der Waals surface area contributed by atoms with E-state index in [9.17, 15) is 19.8 Å². The molecular weight excluding hydrogens is 392 g/mol. The van der Waals surface area contributed by atoms with Crippen LogP contribution in [0.15, 0.2) is 35.5 Å². The number of amides is 1. The fourth-order valence-corrected chi connectivity index (χ4v) is 2.84. The maximum atomic E-state index is 12.3. The van der Waals surface area contributed by atoms with Crippen molar-refractivity contribution in [1.82, 2.24) is 5.32 Å². The van der Waals surface area contributed by atoms with Crippen LogP contribution in [0.4, 0.5) is 0 Å². The number of hydrogen-bond donors (Lipinski definition) is 3. The third-order valence-corrected chi connectivity index (χ3v) is 4.38. The van der Waals surface area contributed by atoms with Gasteiger partial charge in [0, 0.05) is 13.5 Å². The van der Waals surface area contributed by atoms with Crippen molar-refractivity contribution >= 4 is 17.6 Å². The van der Waals surface area contributed by atoms with Crippen molar-refractivity contribution in [3.8, 4) is 0 Å². The van der Waals surface area contributed by atoms with Crippen molar-refractivity contribution < 1.29 is 34.1 Å². The fourth-order valence-electron chi connectivity index (χ4n) is 2.84. The Labute approximate surface area is 177 Å². The third kappa shape index (κ3) is 8.10. The van der Waals surface area contributed by atoms with Gasteiger partial charge in [0.1, 0.15) is 24.0 Å². The molecule has 4 atom stereocenters. The van der Waals surface area contributed by atoms with Crippen LogP contribution in [0, 0.1) is 5.92 Å². The van der Waals surface area contributed by atoms with Gasteiger partial charge in [-0.15, -0.1) is 0 Å². The molecule has 0 spiro atoms. The highest BCUT2D eigenvalue weighted by molar-refractivity contribution is 5.93. The van der Waals surface area contributed by atoms with Gasteiger partial charge < -0.3 is 29.8 Å². The van der Waals surface area contributed by atoms with Crippen LogP contribution in [0.25, 0.3) is 0 Å². The minimum atomic E-state index is -1.32. The number of benzene rings is 1. The number of esters is 1. The highest BCUT2D eigenvalue weighted by Gasteiger charge is 2.30. The zero-order valence-electron chi connectivity index (χ0n) is 18.1. The molecule has 0 bridgehead atoms. The lowest BCUT2D eigenvalue weighted by molar-refractivity contribution is -0.145. The van der Waals surface area contributed by atoms with E-state index in [1.165, 1.54) is 21.1 Å². The van der Waals surface area contributed by atoms with Crippen LogP contribution in [0.3, 0.4) is 0 Å². The molecule has 1 rings (SSSR count). The Morgan fingerprint density at radius 3 is 2.23 bits per heavy atom. The van der Waals surface area contributed by atoms with Crippen molar-refractivity contribution in [2.45, 2.75) is 51.5 Å². The third-order valence-electron chi connectivity index (χ3n) is 4.38. The molecule has 0 fully saturated rings. The van der Waals surface area contributed by atoms with E-state index in [2.05, 4.69) is 10.5 Å². The van der Waals surface area contributed by atoms with Crippen LogP contribution >= 0.6 is 0 Å². The molecular formula is C21H32N2O7. The van der Waals surface area contributed by atoms with Crippen LogP contribution < -0.4 is 5.32 Å². The van der Waals surface area contributed by atoms with E-state index in [0.717, 1.165) is 5.56 Å². The van der Waals surface area contributed by atoms with Gasteiger partial charge in [-0.1, -0.05) is 49.3 Å². The molecule has 0 saturated heterocycles. The normalized spacial score (nSPS) is 15.8. The van der Waals surface area contributed by atoms with Crippen molar-refractivity contribution in [3.63, 3.8) is 0 Å². The van der Waals surface area contributed by atoms with Crippen molar-refractivity contribution in [3.05, 3.63) is 35.9 Å². The van der Waals surface area contributed by atoms with Crippen LogP contribution in [-0.2, 0) is 30.3 Å². The second kappa shape index (κ2) is 12.9. The smallest absolute Gasteiger partial charge is 0.328 e. The van der Waals surface area contributed by atoms with Crippen molar-refractivity contribution in [2.75, 3.05) is 20.8 Å². The summed E-state index contributed by atoms with van der Waals surface area (Å²) in [4.78, 5) is 29.4. The summed E-state index contributed by atoms with van der Waals surface area (Å²) in [6, 6.07) is 8.30. The number of carbonyl (C=O) groups excluding carboxylic acids is 2. The predicted molar refractivity (Wildman–Crippen MR) is 111 cm³/mol. The first-order valence-electron chi connectivity index (χ1n) is 9.71. The average Bonchev–Trinajstić information content (AvgIpc) is 2.71. The monoisotopic (exact) mass is 424 g/mol. The van der Waals surface area contributed by atoms with Gasteiger partial charge in [-0.25, -0.2) is 4.79 Å². The Morgan fingerprint density at radius 2 is 1.73 bits per heavy atom. The van der Waals surface area contributed by atoms with E-state index in [1.807, 2.05) is 44.2 Å². The number of aliphatic hydroxyl groups is 2. The first-order chi connectivity index (χ1) is 14.2. The lowest BCUT2D eigenvalue weighted by atomic mass is 9.96. The molecule has 0 aliphatic carbocycles. The van der Waals surface area contributed by atoms with Crippen LogP contribution in [0.1, 0.15) is 26.3 Å². The first-order valence-corrected chi connectivity index (χ1v) is 9.71. The summed E-state index contributed by atoms with van der Waals surface area (Å²) in [6.07, 6.45) is -2.78. The molecule has 9 nitrogen and oxygen atoms in total. The Kier molecular flexibility index (Phi) is 11.0. The summed E-state index contributed by atoms with van der Waals surface area (Å²) in [6.45, 7) is 4.63. The van der Waals surface area contributed by atoms with E-state index < -0.39 is 42.8 Å². The number of ether oxygens (including phenoxy) is 2. The number of hydrogen-bond acceptors (Lipinski definition) is 8. The maximum Gasteiger partial charge on any atom is 0.328 e. The molecule has 0 unspecified atom stereocenters. The zero-order valence-corrected chi connectivity index (χ0v) is 18.1. The lowest BCUT2D eigenvalue weighted by Gasteiger charge is -2.25. The van der Waals surface area contributed by atoms with E-state index >= 15 is 0 Å². The Bertz CT molecular complexity index is 692. The van der Waals surface area contributed by atoms with Gasteiger partial charge in [-0.2, -0.15) is 0 Å². The number of rotatable bonds is 12. The zero-order chi connectivity index (χ0) is 22.7. The summed E-state index contributed by atoms with van der Waals surface area (Å²) in [7, 11) is 2.69. The Morgan fingerprint density at radius 1 is 1.10 bits per heavy atom. The van der Waals surface area contributed by atoms with Crippen LogP contribution in [0.5, 0.6) is 0 Å². The lowest BCUT2D eigenvalue weighted by Crippen LogP contribution is -2.45. The molecule has 0 saturated carbocycles. The van der Waals surface area contributed by atoms with Crippen LogP contribution in [0.2, 0.25) is 0 Å². The second-order valence-electron chi connectivity index (χ2n) is 7.21. The second-order valence-corrected chi connectivity index (χ2v) is 7.21. The van der Waals surface area contributed by atoms with Gasteiger partial charge in [-0.05, 0) is 18.4 Å². The number of carbonyl (C=O) groups is 2. The summed E-state index contributed by atoms with van der Waals surface area (Å²) >= 11 is 0. The molecule has 1 amide bonds. The number of nitrogens with one attached hydrogen (secondary N) is 1. The molecule has 168 valence electrons. The van der Waals surface area contributed by atoms with Gasteiger partial charge in [-0.3, -0.25) is 4.79 Å². The maximum absolute atomic E-state index is 12.3. The fraction of sp³-hybridized carbons (Fsp3) is 0.571. The number of oxime groups is 1. The first kappa shape index (κ1) is 25.5. The molecule has 0 heterocycles. The van der Waals surface area contributed by atoms with Crippen LogP contribution in [-0.4, -0.2) is 73.0 Å². The molecule has 0 radical (unpaired) electrons. The summed E-state index contributed by atoms with van der Waals surface area (Å²) in [5.74, 6) is -1.23. The minimum absolute atomic E-state index is 0.0610. The van der Waals surface area contributed by atoms with E-state index in [0.29, 0.717) is 0 Å².